The lowest BCUT2D eigenvalue weighted by Crippen LogP contribution is -2.29. The van der Waals surface area contributed by atoms with E-state index in [-0.39, 0.29) is 48.1 Å². The first-order valence-electron chi connectivity index (χ1n) is 11.4. The Bertz CT molecular complexity index is 1230. The van der Waals surface area contributed by atoms with Gasteiger partial charge in [-0.3, -0.25) is 4.79 Å². The summed E-state index contributed by atoms with van der Waals surface area (Å²) in [6.45, 7) is 3.62. The lowest BCUT2D eigenvalue weighted by atomic mass is 10.1. The summed E-state index contributed by atoms with van der Waals surface area (Å²) in [6.07, 6.45) is 3.72. The van der Waals surface area contributed by atoms with Crippen LogP contribution in [0.3, 0.4) is 0 Å². The fraction of sp³-hybridized carbons (Fsp3) is 0.417. The second kappa shape index (κ2) is 10.2. The molecule has 0 radical (unpaired) electrons. The number of nitrogens with zero attached hydrogens (tertiary/aromatic N) is 5. The molecule has 2 fully saturated rings. The number of imidazole rings is 1. The first-order chi connectivity index (χ1) is 16.4. The van der Waals surface area contributed by atoms with Crippen LogP contribution in [0.15, 0.2) is 30.6 Å². The quantitative estimate of drug-likeness (QED) is 0.539. The van der Waals surface area contributed by atoms with Gasteiger partial charge in [0.2, 0.25) is 0 Å². The number of alkyl halides is 1. The molecule has 0 aliphatic carbocycles. The molecule has 186 valence electrons. The van der Waals surface area contributed by atoms with Gasteiger partial charge in [0.15, 0.2) is 11.6 Å². The third-order valence-electron chi connectivity index (χ3n) is 6.48. The highest BCUT2D eigenvalue weighted by Crippen LogP contribution is 2.32. The van der Waals surface area contributed by atoms with Crippen LogP contribution in [0.4, 0.5) is 14.5 Å². The Hall–Kier alpha value is -3.11. The number of hydrogen-bond donors (Lipinski definition) is 1. The number of nitrogens with two attached hydrogens (primary N) is 1. The molecule has 8 nitrogen and oxygen atoms in total. The van der Waals surface area contributed by atoms with Crippen molar-refractivity contribution in [1.29, 1.82) is 0 Å². The van der Waals surface area contributed by atoms with Gasteiger partial charge in [0.25, 0.3) is 5.91 Å². The molecular formula is C24H27ClF2N6O2. The van der Waals surface area contributed by atoms with E-state index in [0.717, 1.165) is 24.9 Å². The van der Waals surface area contributed by atoms with Gasteiger partial charge in [-0.2, -0.15) is 0 Å². The SMILES string of the molecule is Cc1ncc(-c2nc(-c3ccc(C(=O)N4CCC(F)C4)c(N)c3)ncc2F)n1C1CCOCC1.Cl. The van der Waals surface area contributed by atoms with Gasteiger partial charge in [0.05, 0.1) is 30.2 Å². The lowest BCUT2D eigenvalue weighted by molar-refractivity contribution is 0.0694. The molecule has 1 unspecified atom stereocenters. The second-order valence-corrected chi connectivity index (χ2v) is 8.73. The van der Waals surface area contributed by atoms with E-state index in [4.69, 9.17) is 10.5 Å². The number of ether oxygens (including phenoxy) is 1. The van der Waals surface area contributed by atoms with Gasteiger partial charge >= 0.3 is 0 Å². The van der Waals surface area contributed by atoms with E-state index in [2.05, 4.69) is 15.0 Å². The summed E-state index contributed by atoms with van der Waals surface area (Å²) in [6, 6.07) is 5.00. The number of aromatic nitrogens is 4. The van der Waals surface area contributed by atoms with Crippen LogP contribution in [0.2, 0.25) is 0 Å². The molecule has 1 aromatic carbocycles. The van der Waals surface area contributed by atoms with Crippen LogP contribution < -0.4 is 5.73 Å². The third-order valence-corrected chi connectivity index (χ3v) is 6.48. The maximum absolute atomic E-state index is 14.9. The average Bonchev–Trinajstić information content (AvgIpc) is 3.45. The molecule has 2 aliphatic heterocycles. The monoisotopic (exact) mass is 504 g/mol. The Morgan fingerprint density at radius 1 is 1.17 bits per heavy atom. The zero-order chi connectivity index (χ0) is 23.8. The number of anilines is 1. The minimum absolute atomic E-state index is 0. The smallest absolute Gasteiger partial charge is 0.256 e. The summed E-state index contributed by atoms with van der Waals surface area (Å²) in [5.74, 6) is 0.211. The molecule has 4 heterocycles. The predicted octanol–water partition coefficient (Wildman–Crippen LogP) is 3.99. The molecule has 0 saturated carbocycles. The van der Waals surface area contributed by atoms with E-state index < -0.39 is 12.0 Å². The number of likely N-dealkylation sites (tertiary alicyclic amines) is 1. The second-order valence-electron chi connectivity index (χ2n) is 8.73. The fourth-order valence-corrected chi connectivity index (χ4v) is 4.69. The van der Waals surface area contributed by atoms with Crippen molar-refractivity contribution in [2.45, 2.75) is 38.4 Å². The molecule has 1 atom stereocenters. The molecule has 2 saturated heterocycles. The van der Waals surface area contributed by atoms with Gasteiger partial charge < -0.3 is 19.9 Å². The molecule has 3 aromatic rings. The van der Waals surface area contributed by atoms with Crippen LogP contribution in [0.25, 0.3) is 22.8 Å². The minimum atomic E-state index is -1.01. The van der Waals surface area contributed by atoms with E-state index >= 15 is 0 Å². The first-order valence-corrected chi connectivity index (χ1v) is 11.4. The fourth-order valence-electron chi connectivity index (χ4n) is 4.69. The zero-order valence-corrected chi connectivity index (χ0v) is 20.1. The standard InChI is InChI=1S/C24H26F2N6O2.ClH/c1-14-28-12-21(32(14)17-5-8-34-9-6-17)22-19(26)11-29-23(30-22)15-2-3-18(20(27)10-15)24(33)31-7-4-16(25)13-31;/h2-3,10-12,16-17H,4-9,13,27H2,1H3;1H. The molecule has 5 rings (SSSR count). The van der Waals surface area contributed by atoms with Gasteiger partial charge in [-0.1, -0.05) is 6.07 Å². The van der Waals surface area contributed by atoms with Crippen LogP contribution in [0.1, 0.15) is 41.5 Å². The predicted molar refractivity (Wildman–Crippen MR) is 130 cm³/mol. The van der Waals surface area contributed by atoms with E-state index in [1.54, 1.807) is 24.4 Å². The summed E-state index contributed by atoms with van der Waals surface area (Å²) in [7, 11) is 0. The third kappa shape index (κ3) is 4.85. The number of nitrogen functional groups attached to an aromatic ring is 1. The highest BCUT2D eigenvalue weighted by molar-refractivity contribution is 6.00. The van der Waals surface area contributed by atoms with Gasteiger partial charge in [-0.05, 0) is 38.3 Å². The van der Waals surface area contributed by atoms with Gasteiger partial charge in [-0.25, -0.2) is 23.7 Å². The summed E-state index contributed by atoms with van der Waals surface area (Å²) < 4.78 is 35.9. The molecule has 2 N–H and O–H groups in total. The lowest BCUT2D eigenvalue weighted by Gasteiger charge is -2.26. The van der Waals surface area contributed by atoms with Crippen molar-refractivity contribution in [3.63, 3.8) is 0 Å². The van der Waals surface area contributed by atoms with Crippen molar-refractivity contribution in [3.05, 3.63) is 47.8 Å². The number of benzene rings is 1. The molecule has 2 aromatic heterocycles. The van der Waals surface area contributed by atoms with Crippen molar-refractivity contribution >= 4 is 24.0 Å². The molecule has 35 heavy (non-hydrogen) atoms. The van der Waals surface area contributed by atoms with E-state index in [0.29, 0.717) is 43.0 Å². The van der Waals surface area contributed by atoms with Crippen molar-refractivity contribution in [2.75, 3.05) is 32.0 Å². The van der Waals surface area contributed by atoms with E-state index in [1.165, 1.54) is 4.90 Å². The summed E-state index contributed by atoms with van der Waals surface area (Å²) in [4.78, 5) is 27.2. The van der Waals surface area contributed by atoms with Gasteiger partial charge in [0.1, 0.15) is 17.7 Å². The summed E-state index contributed by atoms with van der Waals surface area (Å²) in [5.41, 5.74) is 7.99. The van der Waals surface area contributed by atoms with Gasteiger partial charge in [-0.15, -0.1) is 12.4 Å². The van der Waals surface area contributed by atoms with E-state index in [1.807, 2.05) is 11.5 Å². The van der Waals surface area contributed by atoms with Gasteiger partial charge in [0, 0.05) is 37.1 Å². The number of halogens is 3. The number of carbonyl (C=O) groups excluding carboxylic acids is 1. The van der Waals surface area contributed by atoms with Crippen LogP contribution in [-0.4, -0.2) is 62.8 Å². The Kier molecular flexibility index (Phi) is 7.32. The van der Waals surface area contributed by atoms with Crippen molar-refractivity contribution in [3.8, 4) is 22.8 Å². The minimum Gasteiger partial charge on any atom is -0.398 e. The summed E-state index contributed by atoms with van der Waals surface area (Å²) >= 11 is 0. The van der Waals surface area contributed by atoms with Crippen molar-refractivity contribution in [2.24, 2.45) is 0 Å². The average molecular weight is 505 g/mol. The number of carbonyl (C=O) groups is 1. The number of rotatable bonds is 4. The molecule has 1 amide bonds. The molecule has 0 spiro atoms. The van der Waals surface area contributed by atoms with Crippen molar-refractivity contribution < 1.29 is 18.3 Å². The zero-order valence-electron chi connectivity index (χ0n) is 19.3. The molecule has 0 bridgehead atoms. The maximum atomic E-state index is 14.9. The van der Waals surface area contributed by atoms with Crippen LogP contribution >= 0.6 is 12.4 Å². The topological polar surface area (TPSA) is 99.2 Å². The van der Waals surface area contributed by atoms with Crippen LogP contribution in [0.5, 0.6) is 0 Å². The number of amides is 1. The Morgan fingerprint density at radius 2 is 1.94 bits per heavy atom. The molecule has 2 aliphatic rings. The number of aryl methyl sites for hydroxylation is 1. The largest absolute Gasteiger partial charge is 0.398 e. The van der Waals surface area contributed by atoms with E-state index in [9.17, 15) is 13.6 Å². The highest BCUT2D eigenvalue weighted by Gasteiger charge is 2.28. The summed E-state index contributed by atoms with van der Waals surface area (Å²) in [5, 5.41) is 0. The number of hydrogen-bond acceptors (Lipinski definition) is 6. The first kappa shape index (κ1) is 25.0. The Morgan fingerprint density at radius 3 is 2.63 bits per heavy atom. The highest BCUT2D eigenvalue weighted by atomic mass is 35.5. The molecular weight excluding hydrogens is 478 g/mol. The maximum Gasteiger partial charge on any atom is 0.256 e. The Labute approximate surface area is 207 Å². The van der Waals surface area contributed by atoms with Crippen LogP contribution in [0, 0.1) is 12.7 Å². The van der Waals surface area contributed by atoms with Crippen molar-refractivity contribution in [1.82, 2.24) is 24.4 Å². The molecule has 11 heteroatoms. The Balaban J connectivity index is 0.00000289. The van der Waals surface area contributed by atoms with Crippen LogP contribution in [-0.2, 0) is 4.74 Å². The normalized spacial score (nSPS) is 18.5.